The summed E-state index contributed by atoms with van der Waals surface area (Å²) in [6.45, 7) is 0. The van der Waals surface area contributed by atoms with Gasteiger partial charge in [0.2, 0.25) is 0 Å². The van der Waals surface area contributed by atoms with Crippen molar-refractivity contribution in [2.45, 2.75) is 0 Å². The van der Waals surface area contributed by atoms with E-state index >= 15 is 0 Å². The topological polar surface area (TPSA) is 72.2 Å². The Morgan fingerprint density at radius 2 is 1.67 bits per heavy atom. The van der Waals surface area contributed by atoms with Crippen LogP contribution in [0.2, 0.25) is 5.02 Å². The first-order valence-corrected chi connectivity index (χ1v) is 6.12. The highest BCUT2D eigenvalue weighted by atomic mass is 35.5. The maximum absolute atomic E-state index is 14.0. The van der Waals surface area contributed by atoms with Gasteiger partial charge in [0, 0.05) is 10.7 Å². The zero-order chi connectivity index (χ0) is 15.6. The molecule has 4 nitrogen and oxygen atoms in total. The molecule has 2 amide bonds. The van der Waals surface area contributed by atoms with E-state index in [0.29, 0.717) is 10.7 Å². The minimum absolute atomic E-state index is 0.369. The van der Waals surface area contributed by atoms with Crippen LogP contribution >= 0.6 is 11.6 Å². The van der Waals surface area contributed by atoms with Crippen LogP contribution in [0.1, 0.15) is 20.7 Å². The van der Waals surface area contributed by atoms with Crippen LogP contribution in [0.4, 0.5) is 14.5 Å². The quantitative estimate of drug-likeness (QED) is 0.914. The molecule has 0 saturated carbocycles. The maximum atomic E-state index is 14.0. The van der Waals surface area contributed by atoms with E-state index in [1.807, 2.05) is 0 Å². The first-order valence-electron chi connectivity index (χ1n) is 5.75. The van der Waals surface area contributed by atoms with Crippen molar-refractivity contribution >= 4 is 29.1 Å². The number of carbonyl (C=O) groups excluding carboxylic acids is 2. The third-order valence-corrected chi connectivity index (χ3v) is 2.94. The van der Waals surface area contributed by atoms with Gasteiger partial charge in [-0.1, -0.05) is 11.6 Å². The number of carbonyl (C=O) groups is 2. The zero-order valence-electron chi connectivity index (χ0n) is 10.5. The predicted octanol–water partition coefficient (Wildman–Crippen LogP) is 2.97. The van der Waals surface area contributed by atoms with Gasteiger partial charge in [-0.15, -0.1) is 0 Å². The number of primary amides is 1. The average Bonchev–Trinajstić information content (AvgIpc) is 2.41. The Balaban J connectivity index is 2.33. The molecular formula is C14H9ClF2N2O2. The van der Waals surface area contributed by atoms with Crippen LogP contribution in [0.5, 0.6) is 0 Å². The predicted molar refractivity (Wildman–Crippen MR) is 74.3 cm³/mol. The van der Waals surface area contributed by atoms with Crippen molar-refractivity contribution in [1.29, 1.82) is 0 Å². The largest absolute Gasteiger partial charge is 0.365 e. The molecule has 7 heteroatoms. The molecule has 0 spiro atoms. The van der Waals surface area contributed by atoms with Gasteiger partial charge in [0.05, 0.1) is 5.56 Å². The molecule has 3 N–H and O–H groups in total. The van der Waals surface area contributed by atoms with Crippen LogP contribution in [0, 0.1) is 11.6 Å². The highest BCUT2D eigenvalue weighted by molar-refractivity contribution is 6.30. The lowest BCUT2D eigenvalue weighted by Gasteiger charge is -2.08. The van der Waals surface area contributed by atoms with E-state index in [4.69, 9.17) is 17.3 Å². The molecule has 0 aliphatic carbocycles. The van der Waals surface area contributed by atoms with Gasteiger partial charge >= 0.3 is 0 Å². The number of nitrogens with one attached hydrogen (secondary N) is 1. The molecule has 0 saturated heterocycles. The minimum Gasteiger partial charge on any atom is -0.365 e. The molecule has 2 rings (SSSR count). The Hall–Kier alpha value is -2.47. The molecule has 0 bridgehead atoms. The summed E-state index contributed by atoms with van der Waals surface area (Å²) in [5.74, 6) is -4.54. The van der Waals surface area contributed by atoms with Crippen molar-refractivity contribution in [3.63, 3.8) is 0 Å². The number of nitrogens with two attached hydrogens (primary N) is 1. The van der Waals surface area contributed by atoms with E-state index in [9.17, 15) is 18.4 Å². The monoisotopic (exact) mass is 310 g/mol. The van der Waals surface area contributed by atoms with Gasteiger partial charge in [0.25, 0.3) is 11.8 Å². The number of anilines is 1. The Morgan fingerprint density at radius 3 is 2.24 bits per heavy atom. The lowest BCUT2D eigenvalue weighted by molar-refractivity contribution is 0.0992. The third-order valence-electron chi connectivity index (χ3n) is 2.68. The van der Waals surface area contributed by atoms with E-state index in [2.05, 4.69) is 5.32 Å². The maximum Gasteiger partial charge on any atom is 0.258 e. The van der Waals surface area contributed by atoms with Crippen LogP contribution in [-0.2, 0) is 0 Å². The van der Waals surface area contributed by atoms with E-state index in [1.165, 1.54) is 24.3 Å². The molecule has 21 heavy (non-hydrogen) atoms. The van der Waals surface area contributed by atoms with Crippen molar-refractivity contribution in [3.05, 3.63) is 64.2 Å². The van der Waals surface area contributed by atoms with Gasteiger partial charge < -0.3 is 11.1 Å². The Bertz CT molecular complexity index is 718. The first-order chi connectivity index (χ1) is 9.90. The fourth-order valence-electron chi connectivity index (χ4n) is 1.69. The molecule has 0 radical (unpaired) electrons. The van der Waals surface area contributed by atoms with E-state index in [0.717, 1.165) is 12.1 Å². The van der Waals surface area contributed by atoms with Crippen LogP contribution in [0.15, 0.2) is 36.4 Å². The van der Waals surface area contributed by atoms with E-state index in [-0.39, 0.29) is 0 Å². The second-order valence-electron chi connectivity index (χ2n) is 4.11. The second-order valence-corrected chi connectivity index (χ2v) is 4.55. The Kier molecular flexibility index (Phi) is 4.18. The molecule has 0 aliphatic heterocycles. The Morgan fingerprint density at radius 1 is 1.05 bits per heavy atom. The number of halogens is 3. The summed E-state index contributed by atoms with van der Waals surface area (Å²) in [6, 6.07) is 7.83. The van der Waals surface area contributed by atoms with Crippen molar-refractivity contribution in [1.82, 2.24) is 0 Å². The molecular weight excluding hydrogens is 302 g/mol. The fourth-order valence-corrected chi connectivity index (χ4v) is 1.81. The summed E-state index contributed by atoms with van der Waals surface area (Å²) in [7, 11) is 0. The van der Waals surface area contributed by atoms with Gasteiger partial charge in [-0.2, -0.15) is 0 Å². The normalized spacial score (nSPS) is 10.2. The van der Waals surface area contributed by atoms with E-state index in [1.54, 1.807) is 0 Å². The van der Waals surface area contributed by atoms with Crippen molar-refractivity contribution in [2.75, 3.05) is 5.32 Å². The Labute approximate surface area is 123 Å². The molecule has 2 aromatic carbocycles. The summed E-state index contributed by atoms with van der Waals surface area (Å²) in [4.78, 5) is 23.0. The molecule has 0 heterocycles. The first kappa shape index (κ1) is 14.9. The average molecular weight is 311 g/mol. The molecule has 0 atom stereocenters. The number of hydrogen-bond acceptors (Lipinski definition) is 2. The lowest BCUT2D eigenvalue weighted by Crippen LogP contribution is -2.20. The number of hydrogen-bond donors (Lipinski definition) is 2. The van der Waals surface area contributed by atoms with Gasteiger partial charge in [0.15, 0.2) is 5.82 Å². The number of rotatable bonds is 3. The summed E-state index contributed by atoms with van der Waals surface area (Å²) >= 11 is 5.70. The lowest BCUT2D eigenvalue weighted by atomic mass is 10.1. The van der Waals surface area contributed by atoms with Crippen molar-refractivity contribution < 1.29 is 18.4 Å². The van der Waals surface area contributed by atoms with Crippen LogP contribution in [0.25, 0.3) is 0 Å². The molecule has 2 aromatic rings. The third kappa shape index (κ3) is 3.17. The van der Waals surface area contributed by atoms with Gasteiger partial charge in [-0.3, -0.25) is 9.59 Å². The van der Waals surface area contributed by atoms with Crippen molar-refractivity contribution in [3.8, 4) is 0 Å². The summed E-state index contributed by atoms with van der Waals surface area (Å²) in [6.07, 6.45) is 0. The molecule has 0 unspecified atom stereocenters. The van der Waals surface area contributed by atoms with E-state index < -0.39 is 34.6 Å². The van der Waals surface area contributed by atoms with Gasteiger partial charge in [-0.25, -0.2) is 8.78 Å². The molecule has 0 aliphatic rings. The van der Waals surface area contributed by atoms with Crippen LogP contribution in [-0.4, -0.2) is 11.8 Å². The van der Waals surface area contributed by atoms with Crippen molar-refractivity contribution in [2.24, 2.45) is 5.73 Å². The summed E-state index contributed by atoms with van der Waals surface area (Å²) in [5.41, 5.74) is 3.83. The minimum atomic E-state index is -1.30. The zero-order valence-corrected chi connectivity index (χ0v) is 11.2. The molecule has 0 fully saturated rings. The SMILES string of the molecule is NC(=O)c1c(F)ccc(C(=O)Nc2ccc(Cl)cc2)c1F. The smallest absolute Gasteiger partial charge is 0.258 e. The summed E-state index contributed by atoms with van der Waals surface area (Å²) < 4.78 is 27.3. The number of benzene rings is 2. The van der Waals surface area contributed by atoms with Crippen LogP contribution < -0.4 is 11.1 Å². The second kappa shape index (κ2) is 5.88. The van der Waals surface area contributed by atoms with Crippen LogP contribution in [0.3, 0.4) is 0 Å². The van der Waals surface area contributed by atoms with Gasteiger partial charge in [0.1, 0.15) is 11.4 Å². The summed E-state index contributed by atoms with van der Waals surface area (Å²) in [5, 5.41) is 2.87. The standard InChI is InChI=1S/C14H9ClF2N2O2/c15-7-1-3-8(4-2-7)19-14(21)9-5-6-10(16)11(12(9)17)13(18)20/h1-6H,(H2,18,20)(H,19,21). The van der Waals surface area contributed by atoms with Gasteiger partial charge in [-0.05, 0) is 36.4 Å². The highest BCUT2D eigenvalue weighted by Gasteiger charge is 2.22. The highest BCUT2D eigenvalue weighted by Crippen LogP contribution is 2.19. The molecule has 108 valence electrons. The number of amides is 2. The fraction of sp³-hybridized carbons (Fsp3) is 0. The molecule has 0 aromatic heterocycles.